The van der Waals surface area contributed by atoms with E-state index < -0.39 is 0 Å². The van der Waals surface area contributed by atoms with Gasteiger partial charge in [0.2, 0.25) is 5.95 Å². The van der Waals surface area contributed by atoms with Crippen LogP contribution in [0.2, 0.25) is 0 Å². The van der Waals surface area contributed by atoms with Crippen LogP contribution in [-0.2, 0) is 0 Å². The average Bonchev–Trinajstić information content (AvgIpc) is 3.72. The molecule has 5 nitrogen and oxygen atoms in total. The van der Waals surface area contributed by atoms with Crippen LogP contribution >= 0.6 is 0 Å². The molecule has 11 rings (SSSR count). The maximum Gasteiger partial charge on any atom is 0.238 e. The Morgan fingerprint density at radius 3 is 1.75 bits per heavy atom. The third kappa shape index (κ3) is 7.22. The number of aromatic nitrogens is 4. The van der Waals surface area contributed by atoms with Crippen LogP contribution in [0.15, 0.2) is 231 Å². The lowest BCUT2D eigenvalue weighted by atomic mass is 9.96. The second-order valence-electron chi connectivity index (χ2n) is 15.7. The number of hydrogen-bond acceptors (Lipinski definition) is 4. The number of nitrogens with zero attached hydrogens (tertiary/aromatic N) is 5. The molecule has 0 saturated carbocycles. The third-order valence-electron chi connectivity index (χ3n) is 11.8. The second kappa shape index (κ2) is 16.2. The van der Waals surface area contributed by atoms with Gasteiger partial charge in [0.05, 0.1) is 11.0 Å². The monoisotopic (exact) mass is 807 g/mol. The van der Waals surface area contributed by atoms with Crippen molar-refractivity contribution in [3.8, 4) is 62.1 Å². The molecule has 8 aromatic carbocycles. The molecule has 63 heavy (non-hydrogen) atoms. The van der Waals surface area contributed by atoms with E-state index in [-0.39, 0.29) is 0 Å². The van der Waals surface area contributed by atoms with Crippen LogP contribution in [0.25, 0.3) is 89.5 Å². The predicted octanol–water partition coefficient (Wildman–Crippen LogP) is 14.6. The standard InChI is InChI=1S/C58H41N5/c1-40-17-6-5-15-36-62(49-24-11-4-12-25-49)53-34-32-46(38-51(40)53)47-33-35-55-52(39-47)50-26-13-14-27-54(50)63(55)58-60-56(44-20-9-3-10-21-44)59-57(61-58)48-23-16-22-45(37-48)43-30-28-42(29-31-43)41-18-7-2-8-19-41/h2-35,37-39H,1,36H2/b15-5-,17-6-. The van der Waals surface area contributed by atoms with E-state index in [4.69, 9.17) is 15.0 Å². The number of fused-ring (bicyclic) bond motifs is 4. The zero-order chi connectivity index (χ0) is 42.1. The normalized spacial score (nSPS) is 13.6. The third-order valence-corrected chi connectivity index (χ3v) is 11.8. The molecule has 0 amide bonds. The van der Waals surface area contributed by atoms with E-state index in [1.54, 1.807) is 0 Å². The zero-order valence-electron chi connectivity index (χ0n) is 34.5. The second-order valence-corrected chi connectivity index (χ2v) is 15.7. The average molecular weight is 808 g/mol. The Kier molecular flexibility index (Phi) is 9.68. The van der Waals surface area contributed by atoms with Gasteiger partial charge in [-0.25, -0.2) is 4.98 Å². The molecule has 0 atom stereocenters. The van der Waals surface area contributed by atoms with Gasteiger partial charge in [-0.15, -0.1) is 0 Å². The summed E-state index contributed by atoms with van der Waals surface area (Å²) in [6.07, 6.45) is 8.45. The van der Waals surface area contributed by atoms with Gasteiger partial charge in [0.1, 0.15) is 0 Å². The van der Waals surface area contributed by atoms with E-state index in [0.717, 1.165) is 84.2 Å². The molecule has 0 aliphatic carbocycles. The van der Waals surface area contributed by atoms with Crippen LogP contribution in [0.1, 0.15) is 5.56 Å². The Morgan fingerprint density at radius 2 is 0.968 bits per heavy atom. The van der Waals surface area contributed by atoms with E-state index >= 15 is 0 Å². The van der Waals surface area contributed by atoms with Crippen LogP contribution < -0.4 is 4.90 Å². The highest BCUT2D eigenvalue weighted by molar-refractivity contribution is 6.10. The highest BCUT2D eigenvalue weighted by Crippen LogP contribution is 2.39. The van der Waals surface area contributed by atoms with Gasteiger partial charge in [0.15, 0.2) is 11.6 Å². The number of para-hydroxylation sites is 2. The minimum Gasteiger partial charge on any atom is -0.337 e. The summed E-state index contributed by atoms with van der Waals surface area (Å²) < 4.78 is 2.18. The van der Waals surface area contributed by atoms with Gasteiger partial charge in [-0.2, -0.15) is 9.97 Å². The molecular weight excluding hydrogens is 767 g/mol. The van der Waals surface area contributed by atoms with Gasteiger partial charge in [0.25, 0.3) is 0 Å². The molecule has 0 radical (unpaired) electrons. The molecule has 10 aromatic rings. The Bertz CT molecular complexity index is 3370. The minimum atomic E-state index is 0.560. The summed E-state index contributed by atoms with van der Waals surface area (Å²) in [6, 6.07) is 70.3. The minimum absolute atomic E-state index is 0.560. The fraction of sp³-hybridized carbons (Fsp3) is 0.0172. The van der Waals surface area contributed by atoms with Crippen molar-refractivity contribution in [1.29, 1.82) is 0 Å². The van der Waals surface area contributed by atoms with Crippen LogP contribution in [0, 0.1) is 0 Å². The van der Waals surface area contributed by atoms with Gasteiger partial charge in [-0.3, -0.25) is 4.57 Å². The van der Waals surface area contributed by atoms with E-state index in [1.165, 1.54) is 11.1 Å². The van der Waals surface area contributed by atoms with Crippen LogP contribution in [0.5, 0.6) is 0 Å². The smallest absolute Gasteiger partial charge is 0.238 e. The highest BCUT2D eigenvalue weighted by atomic mass is 15.2. The van der Waals surface area contributed by atoms with Crippen molar-refractivity contribution in [1.82, 2.24) is 19.5 Å². The summed E-state index contributed by atoms with van der Waals surface area (Å²) in [6.45, 7) is 5.26. The Labute approximate surface area is 367 Å². The Morgan fingerprint density at radius 1 is 0.413 bits per heavy atom. The summed E-state index contributed by atoms with van der Waals surface area (Å²) in [5.41, 5.74) is 15.0. The molecule has 0 saturated heterocycles. The number of benzene rings is 8. The van der Waals surface area contributed by atoms with E-state index in [2.05, 4.69) is 216 Å². The molecule has 3 heterocycles. The van der Waals surface area contributed by atoms with Gasteiger partial charge in [-0.05, 0) is 87.5 Å². The quantitative estimate of drug-likeness (QED) is 0.161. The summed E-state index contributed by atoms with van der Waals surface area (Å²) in [5, 5.41) is 2.24. The van der Waals surface area contributed by atoms with E-state index in [1.807, 2.05) is 24.3 Å². The fourth-order valence-electron chi connectivity index (χ4n) is 8.67. The van der Waals surface area contributed by atoms with Gasteiger partial charge < -0.3 is 4.90 Å². The lowest BCUT2D eigenvalue weighted by Crippen LogP contribution is -2.18. The highest BCUT2D eigenvalue weighted by Gasteiger charge is 2.20. The molecular formula is C58H41N5. The lowest BCUT2D eigenvalue weighted by molar-refractivity contribution is 0.953. The van der Waals surface area contributed by atoms with Crippen molar-refractivity contribution in [2.75, 3.05) is 11.4 Å². The van der Waals surface area contributed by atoms with Crippen molar-refractivity contribution in [2.45, 2.75) is 0 Å². The van der Waals surface area contributed by atoms with Gasteiger partial charge in [-0.1, -0.05) is 183 Å². The van der Waals surface area contributed by atoms with Crippen molar-refractivity contribution >= 4 is 38.8 Å². The molecule has 5 heteroatoms. The topological polar surface area (TPSA) is 46.8 Å². The summed E-state index contributed by atoms with van der Waals surface area (Å²) in [7, 11) is 0. The van der Waals surface area contributed by atoms with Gasteiger partial charge in [0, 0.05) is 45.4 Å². The lowest BCUT2D eigenvalue weighted by Gasteiger charge is -2.27. The molecule has 1 aliphatic heterocycles. The van der Waals surface area contributed by atoms with E-state index in [9.17, 15) is 0 Å². The molecule has 0 spiro atoms. The number of anilines is 2. The first-order valence-electron chi connectivity index (χ1n) is 21.3. The number of allylic oxidation sites excluding steroid dienone is 4. The largest absolute Gasteiger partial charge is 0.337 e. The molecule has 0 bridgehead atoms. The van der Waals surface area contributed by atoms with Crippen LogP contribution in [0.3, 0.4) is 0 Å². The Balaban J connectivity index is 1.03. The Hall–Kier alpha value is -8.41. The molecule has 1 aliphatic rings. The van der Waals surface area contributed by atoms with Crippen LogP contribution in [-0.4, -0.2) is 26.1 Å². The van der Waals surface area contributed by atoms with Gasteiger partial charge >= 0.3 is 0 Å². The number of rotatable bonds is 7. The molecule has 0 N–H and O–H groups in total. The molecule has 2 aromatic heterocycles. The van der Waals surface area contributed by atoms with Crippen molar-refractivity contribution in [3.63, 3.8) is 0 Å². The maximum atomic E-state index is 5.27. The van der Waals surface area contributed by atoms with Crippen molar-refractivity contribution < 1.29 is 0 Å². The maximum absolute atomic E-state index is 5.27. The van der Waals surface area contributed by atoms with Crippen molar-refractivity contribution in [2.24, 2.45) is 0 Å². The van der Waals surface area contributed by atoms with E-state index in [0.29, 0.717) is 17.6 Å². The molecule has 0 unspecified atom stereocenters. The number of hydrogen-bond donors (Lipinski definition) is 0. The SMILES string of the molecule is C=C1/C=C\C=C/CN(c2ccccc2)c2ccc(-c3ccc4c(c3)c3ccccc3n4-c3nc(-c4ccccc4)nc(-c4cccc(-c5ccc(-c6ccccc6)cc5)c4)n3)cc21. The summed E-state index contributed by atoms with van der Waals surface area (Å²) in [4.78, 5) is 17.9. The zero-order valence-corrected chi connectivity index (χ0v) is 34.5. The fourth-order valence-corrected chi connectivity index (χ4v) is 8.67. The first kappa shape index (κ1) is 37.6. The summed E-state index contributed by atoms with van der Waals surface area (Å²) in [5.74, 6) is 1.78. The first-order valence-corrected chi connectivity index (χ1v) is 21.3. The van der Waals surface area contributed by atoms with Crippen LogP contribution in [0.4, 0.5) is 11.4 Å². The molecule has 298 valence electrons. The predicted molar refractivity (Wildman–Crippen MR) is 262 cm³/mol. The summed E-state index contributed by atoms with van der Waals surface area (Å²) >= 11 is 0. The molecule has 0 fully saturated rings. The first-order chi connectivity index (χ1) is 31.1. The van der Waals surface area contributed by atoms with Crippen molar-refractivity contribution in [3.05, 3.63) is 237 Å².